The Hall–Kier alpha value is -2.44. The van der Waals surface area contributed by atoms with Gasteiger partial charge >= 0.3 is 0 Å². The topological polar surface area (TPSA) is 88.8 Å². The maximum Gasteiger partial charge on any atom is 0.279 e. The van der Waals surface area contributed by atoms with Crippen LogP contribution in [0, 0.1) is 10.1 Å². The van der Waals surface area contributed by atoms with Crippen molar-refractivity contribution < 1.29 is 15.0 Å². The maximum absolute atomic E-state index is 12.0. The van der Waals surface area contributed by atoms with Crippen LogP contribution >= 0.6 is 11.6 Å². The van der Waals surface area contributed by atoms with Crippen molar-refractivity contribution >= 4 is 28.9 Å². The summed E-state index contributed by atoms with van der Waals surface area (Å²) >= 11 is 5.95. The predicted molar refractivity (Wildman–Crippen MR) is 88.4 cm³/mol. The first-order chi connectivity index (χ1) is 11.0. The van der Waals surface area contributed by atoms with Gasteiger partial charge in [-0.25, -0.2) is 0 Å². The van der Waals surface area contributed by atoms with Gasteiger partial charge in [-0.1, -0.05) is 41.9 Å². The minimum Gasteiger partial charge on any atom is -0.333 e. The van der Waals surface area contributed by atoms with E-state index >= 15 is 0 Å². The van der Waals surface area contributed by atoms with Gasteiger partial charge in [-0.05, 0) is 13.0 Å². The third-order valence-electron chi connectivity index (χ3n) is 3.42. The molecule has 0 saturated heterocycles. The molecule has 0 unspecified atom stereocenters. The highest BCUT2D eigenvalue weighted by atomic mass is 35.5. The zero-order valence-corrected chi connectivity index (χ0v) is 13.3. The summed E-state index contributed by atoms with van der Waals surface area (Å²) in [5, 5.41) is 15.4. The van der Waals surface area contributed by atoms with E-state index in [1.54, 1.807) is 0 Å². The molecule has 0 aliphatic rings. The molecule has 0 saturated carbocycles. The maximum atomic E-state index is 12.0. The number of hydrogen-bond donors (Lipinski definition) is 2. The number of anilines is 1. The molecule has 0 spiro atoms. The molecule has 7 heteroatoms. The minimum atomic E-state index is -0.535. The van der Waals surface area contributed by atoms with Crippen molar-refractivity contribution in [3.8, 4) is 0 Å². The number of carbonyl (C=O) groups excluding carboxylic acids is 1. The third kappa shape index (κ3) is 4.77. The highest BCUT2D eigenvalue weighted by Crippen LogP contribution is 2.26. The molecule has 2 rings (SSSR count). The molecule has 120 valence electrons. The second-order valence-electron chi connectivity index (χ2n) is 5.11. The molecule has 3 N–H and O–H groups in total. The van der Waals surface area contributed by atoms with Crippen molar-refractivity contribution in [2.45, 2.75) is 13.0 Å². The summed E-state index contributed by atoms with van der Waals surface area (Å²) in [6, 6.07) is 14.0. The van der Waals surface area contributed by atoms with E-state index < -0.39 is 4.92 Å². The molecule has 0 aliphatic heterocycles. The summed E-state index contributed by atoms with van der Waals surface area (Å²) in [7, 11) is 0. The van der Waals surface area contributed by atoms with Crippen LogP contribution in [-0.2, 0) is 4.79 Å². The lowest BCUT2D eigenvalue weighted by Crippen LogP contribution is -2.86. The van der Waals surface area contributed by atoms with Crippen molar-refractivity contribution in [2.75, 3.05) is 11.9 Å². The third-order valence-corrected chi connectivity index (χ3v) is 3.73. The Labute approximate surface area is 138 Å². The Bertz CT molecular complexity index is 707. The summed E-state index contributed by atoms with van der Waals surface area (Å²) in [4.78, 5) is 22.1. The van der Waals surface area contributed by atoms with Crippen molar-refractivity contribution in [3.05, 3.63) is 69.2 Å². The highest BCUT2D eigenvalue weighted by Gasteiger charge is 2.14. The molecule has 6 nitrogen and oxygen atoms in total. The van der Waals surface area contributed by atoms with Crippen molar-refractivity contribution in [3.63, 3.8) is 0 Å². The number of hydrogen-bond acceptors (Lipinski definition) is 3. The van der Waals surface area contributed by atoms with Crippen LogP contribution in [-0.4, -0.2) is 17.4 Å². The monoisotopic (exact) mass is 334 g/mol. The fourth-order valence-electron chi connectivity index (χ4n) is 2.10. The first-order valence-electron chi connectivity index (χ1n) is 7.09. The quantitative estimate of drug-likeness (QED) is 0.628. The van der Waals surface area contributed by atoms with Crippen LogP contribution in [0.25, 0.3) is 0 Å². The van der Waals surface area contributed by atoms with Crippen molar-refractivity contribution in [2.24, 2.45) is 0 Å². The summed E-state index contributed by atoms with van der Waals surface area (Å²) < 4.78 is 0. The summed E-state index contributed by atoms with van der Waals surface area (Å²) in [5.74, 6) is -0.219. The number of non-ortho nitro benzene ring substituents is 1. The van der Waals surface area contributed by atoms with E-state index in [1.807, 2.05) is 42.6 Å². The normalized spacial score (nSPS) is 11.7. The molecule has 0 heterocycles. The molecule has 2 aromatic carbocycles. The highest BCUT2D eigenvalue weighted by molar-refractivity contribution is 6.33. The molecule has 2 aromatic rings. The molecule has 0 bridgehead atoms. The van der Waals surface area contributed by atoms with Gasteiger partial charge in [-0.3, -0.25) is 14.9 Å². The van der Waals surface area contributed by atoms with Crippen LogP contribution in [0.5, 0.6) is 0 Å². The second-order valence-corrected chi connectivity index (χ2v) is 5.52. The minimum absolute atomic E-state index is 0.114. The predicted octanol–water partition coefficient (Wildman–Crippen LogP) is 2.51. The Morgan fingerprint density at radius 1 is 1.30 bits per heavy atom. The van der Waals surface area contributed by atoms with Gasteiger partial charge in [0.05, 0.1) is 15.6 Å². The van der Waals surface area contributed by atoms with Gasteiger partial charge < -0.3 is 10.6 Å². The fraction of sp³-hybridized carbons (Fsp3) is 0.188. The van der Waals surface area contributed by atoms with Crippen LogP contribution in [0.4, 0.5) is 11.4 Å². The van der Waals surface area contributed by atoms with E-state index in [9.17, 15) is 14.9 Å². The number of rotatable bonds is 6. The Morgan fingerprint density at radius 3 is 2.61 bits per heavy atom. The SMILES string of the molecule is C[C@@H]([NH2+]CC(=O)Nc1ccc([N+](=O)[O-])cc1Cl)c1ccccc1. The molecule has 0 aromatic heterocycles. The van der Waals surface area contributed by atoms with E-state index in [0.717, 1.165) is 5.56 Å². The molecular weight excluding hydrogens is 318 g/mol. The average Bonchev–Trinajstić information content (AvgIpc) is 2.55. The molecule has 23 heavy (non-hydrogen) atoms. The van der Waals surface area contributed by atoms with Crippen molar-refractivity contribution in [1.82, 2.24) is 0 Å². The molecule has 1 atom stereocenters. The number of quaternary nitrogens is 1. The number of nitrogens with two attached hydrogens (primary N) is 1. The number of nitro benzene ring substituents is 1. The van der Waals surface area contributed by atoms with Crippen LogP contribution < -0.4 is 10.6 Å². The largest absolute Gasteiger partial charge is 0.333 e. The zero-order chi connectivity index (χ0) is 16.8. The Kier molecular flexibility index (Phi) is 5.67. The second kappa shape index (κ2) is 7.71. The van der Waals surface area contributed by atoms with Crippen LogP contribution in [0.15, 0.2) is 48.5 Å². The van der Waals surface area contributed by atoms with Crippen LogP contribution in [0.3, 0.4) is 0 Å². The van der Waals surface area contributed by atoms with Gasteiger partial charge in [0.25, 0.3) is 11.6 Å². The lowest BCUT2D eigenvalue weighted by molar-refractivity contribution is -0.682. The summed E-state index contributed by atoms with van der Waals surface area (Å²) in [5.41, 5.74) is 1.38. The molecule has 0 radical (unpaired) electrons. The van der Waals surface area contributed by atoms with E-state index in [-0.39, 0.29) is 29.2 Å². The van der Waals surface area contributed by atoms with Crippen LogP contribution in [0.2, 0.25) is 5.02 Å². The number of halogens is 1. The van der Waals surface area contributed by atoms with Gasteiger partial charge in [-0.15, -0.1) is 0 Å². The van der Waals surface area contributed by atoms with Crippen LogP contribution in [0.1, 0.15) is 18.5 Å². The standard InChI is InChI=1S/C16H16ClN3O3/c1-11(12-5-3-2-4-6-12)18-10-16(21)19-15-8-7-13(20(22)23)9-14(15)17/h2-9,11,18H,10H2,1H3,(H,19,21)/p+1/t11-/m1/s1. The smallest absolute Gasteiger partial charge is 0.279 e. The van der Waals surface area contributed by atoms with Gasteiger partial charge in [-0.2, -0.15) is 0 Å². The fourth-order valence-corrected chi connectivity index (χ4v) is 2.32. The zero-order valence-electron chi connectivity index (χ0n) is 12.5. The van der Waals surface area contributed by atoms with Gasteiger partial charge in [0.2, 0.25) is 0 Å². The average molecular weight is 335 g/mol. The van der Waals surface area contributed by atoms with E-state index in [0.29, 0.717) is 5.69 Å². The number of nitro groups is 1. The molecule has 1 amide bonds. The van der Waals surface area contributed by atoms with E-state index in [2.05, 4.69) is 5.32 Å². The summed E-state index contributed by atoms with van der Waals surface area (Å²) in [6.07, 6.45) is 0. The van der Waals surface area contributed by atoms with Gasteiger partial charge in [0.1, 0.15) is 6.04 Å². The summed E-state index contributed by atoms with van der Waals surface area (Å²) in [6.45, 7) is 2.24. The number of carbonyl (C=O) groups is 1. The lowest BCUT2D eigenvalue weighted by Gasteiger charge is -2.11. The van der Waals surface area contributed by atoms with E-state index in [4.69, 9.17) is 11.6 Å². The molecule has 0 fully saturated rings. The first kappa shape index (κ1) is 16.9. The Balaban J connectivity index is 1.91. The number of nitrogens with zero attached hydrogens (tertiary/aromatic N) is 1. The van der Waals surface area contributed by atoms with Crippen molar-refractivity contribution in [1.29, 1.82) is 0 Å². The lowest BCUT2D eigenvalue weighted by atomic mass is 10.1. The van der Waals surface area contributed by atoms with Gasteiger partial charge in [0, 0.05) is 17.7 Å². The number of nitrogens with one attached hydrogen (secondary N) is 1. The van der Waals surface area contributed by atoms with Gasteiger partial charge in [0.15, 0.2) is 6.54 Å². The number of benzene rings is 2. The van der Waals surface area contributed by atoms with E-state index in [1.165, 1.54) is 18.2 Å². The molecular formula is C16H17ClN3O3+. The first-order valence-corrected chi connectivity index (χ1v) is 7.47. The number of amides is 1. The molecule has 0 aliphatic carbocycles. The Morgan fingerprint density at radius 2 is 2.00 bits per heavy atom.